The minimum Gasteiger partial charge on any atom is -0.444 e. The summed E-state index contributed by atoms with van der Waals surface area (Å²) >= 11 is 3.23. The van der Waals surface area contributed by atoms with E-state index in [1.165, 1.54) is 17.0 Å². The first kappa shape index (κ1) is 18.2. The van der Waals surface area contributed by atoms with E-state index >= 15 is 0 Å². The number of amides is 1. The molecule has 7 nitrogen and oxygen atoms in total. The van der Waals surface area contributed by atoms with E-state index in [1.807, 2.05) is 0 Å². The summed E-state index contributed by atoms with van der Waals surface area (Å²) in [6, 6.07) is 6.09. The molecule has 1 heterocycles. The molecule has 1 aromatic carbocycles. The van der Waals surface area contributed by atoms with Gasteiger partial charge in [-0.25, -0.2) is 4.79 Å². The van der Waals surface area contributed by atoms with Gasteiger partial charge in [0.15, 0.2) is 0 Å². The predicted octanol–water partition coefficient (Wildman–Crippen LogP) is 2.01. The van der Waals surface area contributed by atoms with Crippen LogP contribution in [0.25, 0.3) is 0 Å². The minimum absolute atomic E-state index is 0.0485. The number of carbonyl (C=O) groups excluding carboxylic acids is 1. The van der Waals surface area contributed by atoms with Crippen molar-refractivity contribution in [2.24, 2.45) is 0 Å². The summed E-state index contributed by atoms with van der Waals surface area (Å²) in [5.41, 5.74) is 0. The van der Waals surface area contributed by atoms with Gasteiger partial charge in [-0.05, 0) is 31.2 Å². The van der Waals surface area contributed by atoms with Gasteiger partial charge in [-0.1, -0.05) is 15.9 Å². The zero-order chi connectivity index (χ0) is 16.9. The molecule has 0 radical (unpaired) electrons. The molecule has 0 aliphatic carbocycles. The van der Waals surface area contributed by atoms with Crippen molar-refractivity contribution in [1.29, 1.82) is 0 Å². The van der Waals surface area contributed by atoms with Gasteiger partial charge in [0.1, 0.15) is 12.7 Å². The molecule has 0 saturated carbocycles. The van der Waals surface area contributed by atoms with Crippen molar-refractivity contribution in [2.45, 2.75) is 17.9 Å². The largest absolute Gasteiger partial charge is 0.444 e. The lowest BCUT2D eigenvalue weighted by atomic mass is 10.4. The molecule has 1 aliphatic heterocycles. The fourth-order valence-corrected chi connectivity index (χ4v) is 3.12. The molecule has 2 rings (SSSR count). The van der Waals surface area contributed by atoms with Crippen molar-refractivity contribution in [1.82, 2.24) is 4.90 Å². The van der Waals surface area contributed by atoms with E-state index in [-0.39, 0.29) is 11.5 Å². The standard InChI is InChI=1S/C14H18BrNO6S/c1-11(22-14(17)16-6-8-20-9-7-16)10-21-23(18,19)13-4-2-12(15)3-5-13/h2-5,11H,6-10H2,1H3. The molecule has 0 spiro atoms. The third-order valence-electron chi connectivity index (χ3n) is 3.13. The zero-order valence-electron chi connectivity index (χ0n) is 12.6. The summed E-state index contributed by atoms with van der Waals surface area (Å²) < 4.78 is 40.1. The average Bonchev–Trinajstić information content (AvgIpc) is 2.54. The Hall–Kier alpha value is -1.16. The van der Waals surface area contributed by atoms with Gasteiger partial charge in [-0.15, -0.1) is 0 Å². The molecular formula is C14H18BrNO6S. The predicted molar refractivity (Wildman–Crippen MR) is 85.6 cm³/mol. The Kier molecular flexibility index (Phi) is 6.40. The molecule has 1 aromatic rings. The summed E-state index contributed by atoms with van der Waals surface area (Å²) in [7, 11) is -3.88. The van der Waals surface area contributed by atoms with Crippen LogP contribution in [-0.2, 0) is 23.8 Å². The van der Waals surface area contributed by atoms with Crippen LogP contribution in [0.2, 0.25) is 0 Å². The molecule has 1 amide bonds. The molecule has 1 aliphatic rings. The Balaban J connectivity index is 1.84. The monoisotopic (exact) mass is 407 g/mol. The van der Waals surface area contributed by atoms with Crippen molar-refractivity contribution in [3.8, 4) is 0 Å². The number of hydrogen-bond acceptors (Lipinski definition) is 6. The lowest BCUT2D eigenvalue weighted by Crippen LogP contribution is -2.42. The highest BCUT2D eigenvalue weighted by atomic mass is 79.9. The second kappa shape index (κ2) is 8.09. The van der Waals surface area contributed by atoms with E-state index in [1.54, 1.807) is 19.1 Å². The SMILES string of the molecule is CC(COS(=O)(=O)c1ccc(Br)cc1)OC(=O)N1CCOCC1. The molecule has 1 unspecified atom stereocenters. The summed E-state index contributed by atoms with van der Waals surface area (Å²) in [4.78, 5) is 13.4. The van der Waals surface area contributed by atoms with Crippen LogP contribution in [0.3, 0.4) is 0 Å². The Morgan fingerprint density at radius 1 is 1.30 bits per heavy atom. The number of nitrogens with zero attached hydrogens (tertiary/aromatic N) is 1. The van der Waals surface area contributed by atoms with Gasteiger partial charge >= 0.3 is 6.09 Å². The quantitative estimate of drug-likeness (QED) is 0.694. The lowest BCUT2D eigenvalue weighted by Gasteiger charge is -2.27. The van der Waals surface area contributed by atoms with E-state index in [0.29, 0.717) is 26.3 Å². The van der Waals surface area contributed by atoms with Crippen LogP contribution in [0.5, 0.6) is 0 Å². The van der Waals surface area contributed by atoms with Crippen molar-refractivity contribution in [3.63, 3.8) is 0 Å². The number of benzene rings is 1. The zero-order valence-corrected chi connectivity index (χ0v) is 15.0. The first-order valence-corrected chi connectivity index (χ1v) is 9.27. The average molecular weight is 408 g/mol. The molecule has 0 aromatic heterocycles. The second-order valence-electron chi connectivity index (χ2n) is 4.99. The third-order valence-corrected chi connectivity index (χ3v) is 4.96. The normalized spacial score (nSPS) is 16.9. The number of hydrogen-bond donors (Lipinski definition) is 0. The molecule has 1 saturated heterocycles. The van der Waals surface area contributed by atoms with Gasteiger partial charge in [0.25, 0.3) is 10.1 Å². The van der Waals surface area contributed by atoms with Crippen molar-refractivity contribution < 1.29 is 26.9 Å². The van der Waals surface area contributed by atoms with Gasteiger partial charge in [-0.2, -0.15) is 8.42 Å². The lowest BCUT2D eigenvalue weighted by molar-refractivity contribution is 0.00785. The van der Waals surface area contributed by atoms with Crippen molar-refractivity contribution in [3.05, 3.63) is 28.7 Å². The number of ether oxygens (including phenoxy) is 2. The number of rotatable bonds is 5. The molecule has 0 N–H and O–H groups in total. The van der Waals surface area contributed by atoms with Crippen molar-refractivity contribution >= 4 is 32.1 Å². The van der Waals surface area contributed by atoms with Gasteiger partial charge in [0, 0.05) is 17.6 Å². The van der Waals surface area contributed by atoms with E-state index in [4.69, 9.17) is 13.7 Å². The van der Waals surface area contributed by atoms with Crippen molar-refractivity contribution in [2.75, 3.05) is 32.9 Å². The number of carbonyl (C=O) groups is 1. The van der Waals surface area contributed by atoms with E-state index < -0.39 is 22.3 Å². The Morgan fingerprint density at radius 3 is 2.52 bits per heavy atom. The Bertz CT molecular complexity index is 627. The molecule has 0 bridgehead atoms. The van der Waals surface area contributed by atoms with E-state index in [9.17, 15) is 13.2 Å². The fraction of sp³-hybridized carbons (Fsp3) is 0.500. The molecule has 23 heavy (non-hydrogen) atoms. The Labute approximate surface area is 143 Å². The van der Waals surface area contributed by atoms with Gasteiger partial charge in [-0.3, -0.25) is 4.18 Å². The van der Waals surface area contributed by atoms with Crippen LogP contribution in [0.1, 0.15) is 6.92 Å². The maximum atomic E-state index is 12.0. The summed E-state index contributed by atoms with van der Waals surface area (Å²) in [6.07, 6.45) is -1.18. The smallest absolute Gasteiger partial charge is 0.410 e. The third kappa shape index (κ3) is 5.45. The minimum atomic E-state index is -3.88. The summed E-state index contributed by atoms with van der Waals surface area (Å²) in [5.74, 6) is 0. The van der Waals surface area contributed by atoms with E-state index in [2.05, 4.69) is 15.9 Å². The van der Waals surface area contributed by atoms with Crippen LogP contribution in [0.15, 0.2) is 33.6 Å². The van der Waals surface area contributed by atoms with Crippen LogP contribution in [0.4, 0.5) is 4.79 Å². The molecular weight excluding hydrogens is 390 g/mol. The molecule has 9 heteroatoms. The maximum absolute atomic E-state index is 12.0. The molecule has 1 fully saturated rings. The van der Waals surface area contributed by atoms with Crippen LogP contribution in [-0.4, -0.2) is 58.4 Å². The Morgan fingerprint density at radius 2 is 1.91 bits per heavy atom. The van der Waals surface area contributed by atoms with Gasteiger partial charge in [0.05, 0.1) is 18.1 Å². The molecule has 1 atom stereocenters. The summed E-state index contributed by atoms with van der Waals surface area (Å²) in [6.45, 7) is 3.20. The van der Waals surface area contributed by atoms with Gasteiger partial charge in [0.2, 0.25) is 0 Å². The second-order valence-corrected chi connectivity index (χ2v) is 7.52. The van der Waals surface area contributed by atoms with E-state index in [0.717, 1.165) is 4.47 Å². The highest BCUT2D eigenvalue weighted by Gasteiger charge is 2.22. The first-order valence-electron chi connectivity index (χ1n) is 7.07. The fourth-order valence-electron chi connectivity index (χ4n) is 1.88. The summed E-state index contributed by atoms with van der Waals surface area (Å²) in [5, 5.41) is 0. The number of morpholine rings is 1. The highest BCUT2D eigenvalue weighted by Crippen LogP contribution is 2.17. The van der Waals surface area contributed by atoms with Crippen LogP contribution < -0.4 is 0 Å². The maximum Gasteiger partial charge on any atom is 0.410 e. The van der Waals surface area contributed by atoms with Crippen LogP contribution >= 0.6 is 15.9 Å². The highest BCUT2D eigenvalue weighted by molar-refractivity contribution is 9.10. The molecule has 128 valence electrons. The topological polar surface area (TPSA) is 82.1 Å². The van der Waals surface area contributed by atoms with Gasteiger partial charge < -0.3 is 14.4 Å². The van der Waals surface area contributed by atoms with Crippen LogP contribution in [0, 0.1) is 0 Å². The number of halogens is 1. The first-order chi connectivity index (χ1) is 10.9.